The van der Waals surface area contributed by atoms with E-state index in [1.54, 1.807) is 13.2 Å². The van der Waals surface area contributed by atoms with Crippen molar-refractivity contribution in [2.45, 2.75) is 40.0 Å². The molecule has 144 valence electrons. The van der Waals surface area contributed by atoms with E-state index in [4.69, 9.17) is 4.74 Å². The Hall–Kier alpha value is -2.66. The second kappa shape index (κ2) is 9.88. The van der Waals surface area contributed by atoms with Crippen LogP contribution in [0.3, 0.4) is 0 Å². The number of methoxy groups -OCH3 is 1. The zero-order valence-electron chi connectivity index (χ0n) is 16.4. The van der Waals surface area contributed by atoms with Gasteiger partial charge in [0.25, 0.3) is 5.91 Å². The van der Waals surface area contributed by atoms with Crippen molar-refractivity contribution in [2.24, 2.45) is 5.92 Å². The number of hydrogen-bond donors (Lipinski definition) is 2. The Labute approximate surface area is 161 Å². The third-order valence-corrected chi connectivity index (χ3v) is 4.50. The molecule has 0 spiro atoms. The first kappa shape index (κ1) is 20.6. The van der Waals surface area contributed by atoms with Crippen LogP contribution >= 0.6 is 0 Å². The van der Waals surface area contributed by atoms with Crippen molar-refractivity contribution < 1.29 is 14.3 Å². The van der Waals surface area contributed by atoms with Crippen LogP contribution in [0.25, 0.3) is 0 Å². The molecule has 0 saturated carbocycles. The van der Waals surface area contributed by atoms with Crippen LogP contribution in [0.4, 0.5) is 0 Å². The fraction of sp³-hybridized carbons (Fsp3) is 0.364. The first-order valence-electron chi connectivity index (χ1n) is 9.14. The number of carbonyl (C=O) groups is 2. The molecule has 2 amide bonds. The highest BCUT2D eigenvalue weighted by Gasteiger charge is 2.25. The van der Waals surface area contributed by atoms with Gasteiger partial charge in [0.05, 0.1) is 6.61 Å². The molecule has 0 saturated heterocycles. The minimum Gasteiger partial charge on any atom is -0.380 e. The van der Waals surface area contributed by atoms with Crippen LogP contribution in [-0.4, -0.2) is 25.0 Å². The van der Waals surface area contributed by atoms with Crippen molar-refractivity contribution in [3.05, 3.63) is 70.8 Å². The summed E-state index contributed by atoms with van der Waals surface area (Å²) < 4.78 is 5.20. The van der Waals surface area contributed by atoms with E-state index in [1.165, 1.54) is 0 Å². The third-order valence-electron chi connectivity index (χ3n) is 4.50. The molecule has 0 aliphatic heterocycles. The highest BCUT2D eigenvalue weighted by Crippen LogP contribution is 2.12. The highest BCUT2D eigenvalue weighted by molar-refractivity contribution is 5.98. The first-order valence-corrected chi connectivity index (χ1v) is 9.14. The average Bonchev–Trinajstić information content (AvgIpc) is 2.65. The molecule has 0 aliphatic rings. The van der Waals surface area contributed by atoms with Gasteiger partial charge in [-0.1, -0.05) is 56.3 Å². The van der Waals surface area contributed by atoms with E-state index in [0.29, 0.717) is 18.7 Å². The number of hydrogen-bond acceptors (Lipinski definition) is 3. The van der Waals surface area contributed by atoms with Crippen molar-refractivity contribution in [1.29, 1.82) is 0 Å². The van der Waals surface area contributed by atoms with Crippen LogP contribution < -0.4 is 10.6 Å². The number of ether oxygens (including phenoxy) is 1. The minimum absolute atomic E-state index is 0.0350. The molecule has 1 unspecified atom stereocenters. The Balaban J connectivity index is 2.05. The number of nitrogens with one attached hydrogen (secondary N) is 2. The molecule has 0 aliphatic carbocycles. The molecule has 0 bridgehead atoms. The zero-order chi connectivity index (χ0) is 19.8. The van der Waals surface area contributed by atoms with Crippen LogP contribution in [0.5, 0.6) is 0 Å². The molecule has 0 aromatic heterocycles. The van der Waals surface area contributed by atoms with Crippen LogP contribution in [0.15, 0.2) is 48.5 Å². The summed E-state index contributed by atoms with van der Waals surface area (Å²) in [4.78, 5) is 25.3. The van der Waals surface area contributed by atoms with Gasteiger partial charge in [0.1, 0.15) is 6.04 Å². The molecule has 0 fully saturated rings. The van der Waals surface area contributed by atoms with E-state index in [1.807, 2.05) is 63.2 Å². The van der Waals surface area contributed by atoms with Gasteiger partial charge in [0, 0.05) is 19.2 Å². The van der Waals surface area contributed by atoms with E-state index >= 15 is 0 Å². The van der Waals surface area contributed by atoms with Crippen molar-refractivity contribution in [2.75, 3.05) is 7.11 Å². The van der Waals surface area contributed by atoms with Gasteiger partial charge in [0.2, 0.25) is 5.91 Å². The molecule has 1 atom stereocenters. The van der Waals surface area contributed by atoms with Gasteiger partial charge >= 0.3 is 0 Å². The summed E-state index contributed by atoms with van der Waals surface area (Å²) in [6.45, 7) is 6.60. The molecule has 27 heavy (non-hydrogen) atoms. The SMILES string of the molecule is COCc1ccccc1CNC(=O)C(NC(=O)c1ccccc1C)C(C)C. The third kappa shape index (κ3) is 5.66. The summed E-state index contributed by atoms with van der Waals surface area (Å²) in [5.41, 5.74) is 3.50. The Bertz CT molecular complexity index is 787. The number of rotatable bonds is 8. The zero-order valence-corrected chi connectivity index (χ0v) is 16.4. The van der Waals surface area contributed by atoms with E-state index < -0.39 is 6.04 Å². The van der Waals surface area contributed by atoms with E-state index in [-0.39, 0.29) is 17.7 Å². The molecule has 5 heteroatoms. The van der Waals surface area contributed by atoms with E-state index in [9.17, 15) is 9.59 Å². The minimum atomic E-state index is -0.605. The normalized spacial score (nSPS) is 11.9. The maximum atomic E-state index is 12.7. The van der Waals surface area contributed by atoms with Crippen LogP contribution in [-0.2, 0) is 22.7 Å². The van der Waals surface area contributed by atoms with Gasteiger partial charge < -0.3 is 15.4 Å². The Kier molecular flexibility index (Phi) is 7.55. The predicted octanol–water partition coefficient (Wildman–Crippen LogP) is 3.21. The van der Waals surface area contributed by atoms with Crippen molar-refractivity contribution in [3.63, 3.8) is 0 Å². The van der Waals surface area contributed by atoms with Gasteiger partial charge in [-0.15, -0.1) is 0 Å². The van der Waals surface area contributed by atoms with Crippen LogP contribution in [0.2, 0.25) is 0 Å². The monoisotopic (exact) mass is 368 g/mol. The largest absolute Gasteiger partial charge is 0.380 e. The van der Waals surface area contributed by atoms with Crippen molar-refractivity contribution in [3.8, 4) is 0 Å². The summed E-state index contributed by atoms with van der Waals surface area (Å²) in [6.07, 6.45) is 0. The first-order chi connectivity index (χ1) is 12.9. The fourth-order valence-corrected chi connectivity index (χ4v) is 2.90. The summed E-state index contributed by atoms with van der Waals surface area (Å²) >= 11 is 0. The number of carbonyl (C=O) groups excluding carboxylic acids is 2. The van der Waals surface area contributed by atoms with Crippen LogP contribution in [0, 0.1) is 12.8 Å². The quantitative estimate of drug-likeness (QED) is 0.752. The molecular weight excluding hydrogens is 340 g/mol. The Morgan fingerprint density at radius 1 is 1.00 bits per heavy atom. The Morgan fingerprint density at radius 3 is 2.26 bits per heavy atom. The number of amides is 2. The molecule has 2 aromatic rings. The maximum Gasteiger partial charge on any atom is 0.252 e. The number of aryl methyl sites for hydroxylation is 1. The predicted molar refractivity (Wildman–Crippen MR) is 106 cm³/mol. The lowest BCUT2D eigenvalue weighted by Crippen LogP contribution is -2.49. The number of benzene rings is 2. The lowest BCUT2D eigenvalue weighted by atomic mass is 10.0. The summed E-state index contributed by atoms with van der Waals surface area (Å²) in [5, 5.41) is 5.82. The highest BCUT2D eigenvalue weighted by atomic mass is 16.5. The lowest BCUT2D eigenvalue weighted by Gasteiger charge is -2.22. The van der Waals surface area contributed by atoms with E-state index in [2.05, 4.69) is 10.6 Å². The molecule has 5 nitrogen and oxygen atoms in total. The van der Waals surface area contributed by atoms with Gasteiger partial charge in [-0.2, -0.15) is 0 Å². The van der Waals surface area contributed by atoms with Crippen molar-refractivity contribution >= 4 is 11.8 Å². The Morgan fingerprint density at radius 2 is 1.63 bits per heavy atom. The molecule has 2 rings (SSSR count). The van der Waals surface area contributed by atoms with Gasteiger partial charge in [-0.05, 0) is 35.6 Å². The molecule has 0 radical (unpaired) electrons. The summed E-state index contributed by atoms with van der Waals surface area (Å²) in [7, 11) is 1.64. The van der Waals surface area contributed by atoms with Crippen LogP contribution in [0.1, 0.15) is 40.9 Å². The van der Waals surface area contributed by atoms with Gasteiger partial charge in [-0.25, -0.2) is 0 Å². The molecule has 2 N–H and O–H groups in total. The maximum absolute atomic E-state index is 12.7. The topological polar surface area (TPSA) is 67.4 Å². The average molecular weight is 368 g/mol. The standard InChI is InChI=1S/C22H28N2O3/c1-15(2)20(24-21(25)19-12-8-5-9-16(19)3)22(26)23-13-17-10-6-7-11-18(17)14-27-4/h5-12,15,20H,13-14H2,1-4H3,(H,23,26)(H,24,25). The summed E-state index contributed by atoms with van der Waals surface area (Å²) in [5.74, 6) is -0.465. The second-order valence-corrected chi connectivity index (χ2v) is 6.93. The lowest BCUT2D eigenvalue weighted by molar-refractivity contribution is -0.124. The fourth-order valence-electron chi connectivity index (χ4n) is 2.90. The summed E-state index contributed by atoms with van der Waals surface area (Å²) in [6, 6.07) is 14.6. The second-order valence-electron chi connectivity index (χ2n) is 6.93. The smallest absolute Gasteiger partial charge is 0.252 e. The van der Waals surface area contributed by atoms with Gasteiger partial charge in [-0.3, -0.25) is 9.59 Å². The molecule has 0 heterocycles. The van der Waals surface area contributed by atoms with E-state index in [0.717, 1.165) is 16.7 Å². The molecule has 2 aromatic carbocycles. The van der Waals surface area contributed by atoms with Gasteiger partial charge in [0.15, 0.2) is 0 Å². The molecular formula is C22H28N2O3. The van der Waals surface area contributed by atoms with Crippen molar-refractivity contribution in [1.82, 2.24) is 10.6 Å².